The Kier molecular flexibility index (Phi) is 6.85. The highest BCUT2D eigenvalue weighted by Crippen LogP contribution is 2.35. The molecule has 1 aliphatic rings. The van der Waals surface area contributed by atoms with Crippen LogP contribution in [0.1, 0.15) is 30.0 Å². The number of carbonyl (C=O) groups is 1. The van der Waals surface area contributed by atoms with E-state index in [1.165, 1.54) is 48.8 Å². The Morgan fingerprint density at radius 2 is 1.88 bits per heavy atom. The summed E-state index contributed by atoms with van der Waals surface area (Å²) in [6, 6.07) is 7.82. The molecule has 0 spiro atoms. The molecule has 0 bridgehead atoms. The maximum absolute atomic E-state index is 13.8. The number of pyridine rings is 1. The van der Waals surface area contributed by atoms with Crippen molar-refractivity contribution in [2.75, 3.05) is 5.75 Å². The average Bonchev–Trinajstić information content (AvgIpc) is 3.51. The van der Waals surface area contributed by atoms with E-state index in [4.69, 9.17) is 0 Å². The Morgan fingerprint density at radius 1 is 1.19 bits per heavy atom. The number of carbonyl (C=O) groups excluding carboxylic acids is 1. The van der Waals surface area contributed by atoms with Gasteiger partial charge >= 0.3 is 6.18 Å². The van der Waals surface area contributed by atoms with E-state index in [2.05, 4.69) is 15.6 Å². The normalized spacial score (nSPS) is 17.1. The number of aromatic nitrogens is 1. The number of amides is 1. The summed E-state index contributed by atoms with van der Waals surface area (Å²) in [6.45, 7) is 0. The van der Waals surface area contributed by atoms with Gasteiger partial charge in [-0.25, -0.2) is 8.42 Å². The van der Waals surface area contributed by atoms with Gasteiger partial charge in [0.05, 0.1) is 17.6 Å². The predicted octanol–water partition coefficient (Wildman–Crippen LogP) is 2.43. The Hall–Kier alpha value is -2.97. The van der Waals surface area contributed by atoms with E-state index in [0.29, 0.717) is 18.4 Å². The summed E-state index contributed by atoms with van der Waals surface area (Å²) < 4.78 is 66.9. The Balaban J connectivity index is 1.87. The van der Waals surface area contributed by atoms with E-state index in [0.717, 1.165) is 0 Å². The number of hydrogen-bond acceptors (Lipinski definition) is 6. The van der Waals surface area contributed by atoms with Crippen LogP contribution in [-0.4, -0.2) is 42.8 Å². The monoisotopic (exact) mass is 466 g/mol. The number of alkyl halides is 3. The van der Waals surface area contributed by atoms with Crippen molar-refractivity contribution in [1.82, 2.24) is 15.6 Å². The highest BCUT2D eigenvalue weighted by atomic mass is 32.2. The standard InChI is InChI=1S/C21H21F3N4O3S/c22-21(23,24)18(16-6-2-1-3-7-16)27-17(19(29)28-20(14-25)8-9-20)13-32(30,31)12-15-5-4-10-26-11-15/h1-7,10-11,17-18,27H,8-9,12-13H2,(H,28,29)/t17-,18-/m0/s1. The topological polar surface area (TPSA) is 112 Å². The van der Waals surface area contributed by atoms with Crippen LogP contribution in [-0.2, 0) is 20.4 Å². The lowest BCUT2D eigenvalue weighted by molar-refractivity contribution is -0.160. The second-order valence-corrected chi connectivity index (χ2v) is 9.81. The zero-order valence-corrected chi connectivity index (χ0v) is 17.7. The Morgan fingerprint density at radius 3 is 2.41 bits per heavy atom. The molecule has 0 unspecified atom stereocenters. The third-order valence-corrected chi connectivity index (χ3v) is 6.62. The maximum atomic E-state index is 13.8. The molecule has 1 fully saturated rings. The van der Waals surface area contributed by atoms with Crippen molar-refractivity contribution in [3.8, 4) is 6.07 Å². The lowest BCUT2D eigenvalue weighted by Gasteiger charge is -2.28. The molecule has 32 heavy (non-hydrogen) atoms. The number of nitriles is 1. The molecule has 2 aromatic rings. The summed E-state index contributed by atoms with van der Waals surface area (Å²) in [6.07, 6.45) is -1.30. The highest BCUT2D eigenvalue weighted by molar-refractivity contribution is 7.90. The number of nitrogens with zero attached hydrogens (tertiary/aromatic N) is 2. The van der Waals surface area contributed by atoms with E-state index in [1.54, 1.807) is 6.07 Å². The van der Waals surface area contributed by atoms with Crippen molar-refractivity contribution >= 4 is 15.7 Å². The zero-order chi connectivity index (χ0) is 23.4. The lowest BCUT2D eigenvalue weighted by Crippen LogP contribution is -2.54. The summed E-state index contributed by atoms with van der Waals surface area (Å²) in [7, 11) is -4.01. The molecule has 1 saturated carbocycles. The zero-order valence-electron chi connectivity index (χ0n) is 16.8. The van der Waals surface area contributed by atoms with Gasteiger partial charge in [0.1, 0.15) is 17.6 Å². The molecular weight excluding hydrogens is 445 g/mol. The number of hydrogen-bond donors (Lipinski definition) is 2. The van der Waals surface area contributed by atoms with E-state index in [-0.39, 0.29) is 5.56 Å². The average molecular weight is 466 g/mol. The first-order valence-electron chi connectivity index (χ1n) is 9.74. The number of benzene rings is 1. The van der Waals surface area contributed by atoms with Crippen molar-refractivity contribution in [3.05, 3.63) is 66.0 Å². The molecule has 1 aliphatic carbocycles. The first kappa shape index (κ1) is 23.7. The molecule has 0 aliphatic heterocycles. The molecule has 11 heteroatoms. The van der Waals surface area contributed by atoms with Crippen molar-refractivity contribution in [1.29, 1.82) is 5.26 Å². The second kappa shape index (κ2) is 9.26. The molecule has 1 aromatic carbocycles. The first-order valence-corrected chi connectivity index (χ1v) is 11.6. The smallest absolute Gasteiger partial charge is 0.336 e. The van der Waals surface area contributed by atoms with E-state index >= 15 is 0 Å². The Bertz CT molecular complexity index is 1080. The van der Waals surface area contributed by atoms with Crippen LogP contribution in [0, 0.1) is 11.3 Å². The summed E-state index contributed by atoms with van der Waals surface area (Å²) in [5.41, 5.74) is -0.980. The van der Waals surface area contributed by atoms with Gasteiger partial charge < -0.3 is 5.32 Å². The van der Waals surface area contributed by atoms with Crippen LogP contribution in [0.25, 0.3) is 0 Å². The second-order valence-electron chi connectivity index (χ2n) is 7.70. The number of sulfone groups is 1. The van der Waals surface area contributed by atoms with Gasteiger partial charge in [-0.1, -0.05) is 36.4 Å². The van der Waals surface area contributed by atoms with Crippen molar-refractivity contribution in [3.63, 3.8) is 0 Å². The van der Waals surface area contributed by atoms with Gasteiger partial charge in [-0.15, -0.1) is 0 Å². The van der Waals surface area contributed by atoms with Gasteiger partial charge in [0.15, 0.2) is 9.84 Å². The molecule has 1 amide bonds. The molecule has 7 nitrogen and oxygen atoms in total. The summed E-state index contributed by atoms with van der Waals surface area (Å²) >= 11 is 0. The molecule has 3 rings (SSSR count). The van der Waals surface area contributed by atoms with Crippen LogP contribution in [0.3, 0.4) is 0 Å². The summed E-state index contributed by atoms with van der Waals surface area (Å²) in [5.74, 6) is -2.34. The quantitative estimate of drug-likeness (QED) is 0.587. The van der Waals surface area contributed by atoms with Crippen molar-refractivity contribution in [2.24, 2.45) is 0 Å². The van der Waals surface area contributed by atoms with Crippen LogP contribution in [0.15, 0.2) is 54.9 Å². The van der Waals surface area contributed by atoms with Crippen LogP contribution in [0.4, 0.5) is 13.2 Å². The Labute approximate surface area is 183 Å². The third kappa shape index (κ3) is 6.27. The predicted molar refractivity (Wildman–Crippen MR) is 110 cm³/mol. The van der Waals surface area contributed by atoms with E-state index in [1.807, 2.05) is 6.07 Å². The molecule has 2 atom stereocenters. The summed E-state index contributed by atoms with van der Waals surface area (Å²) in [5, 5.41) is 13.8. The molecule has 170 valence electrons. The van der Waals surface area contributed by atoms with Gasteiger partial charge in [-0.2, -0.15) is 18.4 Å². The van der Waals surface area contributed by atoms with Crippen LogP contribution >= 0.6 is 0 Å². The van der Waals surface area contributed by atoms with Crippen molar-refractivity contribution < 1.29 is 26.4 Å². The van der Waals surface area contributed by atoms with Crippen LogP contribution in [0.2, 0.25) is 0 Å². The van der Waals surface area contributed by atoms with Gasteiger partial charge in [0.2, 0.25) is 5.91 Å². The minimum Gasteiger partial charge on any atom is -0.336 e. The number of halogens is 3. The fourth-order valence-electron chi connectivity index (χ4n) is 3.19. The summed E-state index contributed by atoms with van der Waals surface area (Å²) in [4.78, 5) is 16.6. The van der Waals surface area contributed by atoms with Crippen molar-refractivity contribution in [2.45, 2.75) is 42.4 Å². The van der Waals surface area contributed by atoms with Gasteiger partial charge in [-0.05, 0) is 30.0 Å². The molecule has 0 radical (unpaired) electrons. The molecular formula is C21H21F3N4O3S. The minimum atomic E-state index is -4.79. The number of rotatable bonds is 9. The van der Waals surface area contributed by atoms with E-state index in [9.17, 15) is 31.6 Å². The minimum absolute atomic E-state index is 0.163. The SMILES string of the molecule is N#CC1(NC(=O)[C@H](CS(=O)(=O)Cc2cccnc2)N[C@@H](c2ccccc2)C(F)(F)F)CC1. The number of nitrogens with one attached hydrogen (secondary N) is 2. The van der Waals surface area contributed by atoms with Gasteiger partial charge in [0, 0.05) is 12.4 Å². The lowest BCUT2D eigenvalue weighted by atomic mass is 10.1. The fourth-order valence-corrected chi connectivity index (χ4v) is 4.74. The maximum Gasteiger partial charge on any atom is 0.407 e. The third-order valence-electron chi connectivity index (χ3n) is 5.00. The fraction of sp³-hybridized carbons (Fsp3) is 0.381. The van der Waals surface area contributed by atoms with Crippen LogP contribution in [0.5, 0.6) is 0 Å². The molecule has 2 N–H and O–H groups in total. The molecule has 1 heterocycles. The van der Waals surface area contributed by atoms with Gasteiger partial charge in [0.25, 0.3) is 0 Å². The molecule has 0 saturated heterocycles. The largest absolute Gasteiger partial charge is 0.407 e. The van der Waals surface area contributed by atoms with Gasteiger partial charge in [-0.3, -0.25) is 15.1 Å². The molecule has 1 aromatic heterocycles. The van der Waals surface area contributed by atoms with E-state index < -0.39 is 51.0 Å². The van der Waals surface area contributed by atoms with Crippen LogP contribution < -0.4 is 10.6 Å². The highest BCUT2D eigenvalue weighted by Gasteiger charge is 2.48. The first-order chi connectivity index (χ1) is 15.0.